The van der Waals surface area contributed by atoms with E-state index in [0.717, 1.165) is 19.4 Å². The van der Waals surface area contributed by atoms with E-state index in [4.69, 9.17) is 10.5 Å². The second-order valence-corrected chi connectivity index (χ2v) is 4.61. The van der Waals surface area contributed by atoms with Gasteiger partial charge in [-0.1, -0.05) is 0 Å². The van der Waals surface area contributed by atoms with Crippen LogP contribution in [-0.4, -0.2) is 56.1 Å². The topological polar surface area (TPSA) is 84.7 Å². The van der Waals surface area contributed by atoms with Crippen LogP contribution in [0.1, 0.15) is 19.8 Å². The van der Waals surface area contributed by atoms with E-state index in [0.29, 0.717) is 19.6 Å². The summed E-state index contributed by atoms with van der Waals surface area (Å²) >= 11 is 0. The third-order valence-corrected chi connectivity index (χ3v) is 3.36. The number of hydrogen-bond donors (Lipinski definition) is 2. The summed E-state index contributed by atoms with van der Waals surface area (Å²) in [7, 11) is 1.38. The van der Waals surface area contributed by atoms with Crippen molar-refractivity contribution in [1.82, 2.24) is 10.2 Å². The molecule has 0 saturated carbocycles. The summed E-state index contributed by atoms with van der Waals surface area (Å²) in [5, 5.41) is 2.80. The van der Waals surface area contributed by atoms with Crippen LogP contribution in [-0.2, 0) is 14.3 Å². The summed E-state index contributed by atoms with van der Waals surface area (Å²) in [6, 6.07) is -0.292. The van der Waals surface area contributed by atoms with Crippen LogP contribution in [0, 0.1) is 5.92 Å². The zero-order valence-electron chi connectivity index (χ0n) is 11.1. The van der Waals surface area contributed by atoms with Crippen molar-refractivity contribution in [3.05, 3.63) is 0 Å². The molecule has 0 aromatic heterocycles. The van der Waals surface area contributed by atoms with Crippen LogP contribution in [0.4, 0.5) is 0 Å². The zero-order valence-corrected chi connectivity index (χ0v) is 11.1. The minimum absolute atomic E-state index is 0.0298. The van der Waals surface area contributed by atoms with Gasteiger partial charge in [-0.2, -0.15) is 0 Å². The Hall–Kier alpha value is -1.14. The van der Waals surface area contributed by atoms with Crippen molar-refractivity contribution in [2.24, 2.45) is 11.7 Å². The Kier molecular flexibility index (Phi) is 6.07. The number of nitrogens with two attached hydrogens (primary N) is 1. The van der Waals surface area contributed by atoms with Gasteiger partial charge >= 0.3 is 5.97 Å². The third kappa shape index (κ3) is 3.96. The van der Waals surface area contributed by atoms with Crippen LogP contribution < -0.4 is 11.1 Å². The maximum absolute atomic E-state index is 11.9. The van der Waals surface area contributed by atoms with Gasteiger partial charge in [0.1, 0.15) is 6.04 Å². The first-order valence-corrected chi connectivity index (χ1v) is 6.39. The molecule has 0 radical (unpaired) electrons. The molecule has 6 heteroatoms. The highest BCUT2D eigenvalue weighted by molar-refractivity contribution is 5.79. The van der Waals surface area contributed by atoms with Gasteiger partial charge in [0.15, 0.2) is 0 Å². The summed E-state index contributed by atoms with van der Waals surface area (Å²) in [4.78, 5) is 25.3. The van der Waals surface area contributed by atoms with E-state index in [-0.39, 0.29) is 23.8 Å². The molecule has 104 valence electrons. The number of amides is 1. The second kappa shape index (κ2) is 7.33. The highest BCUT2D eigenvalue weighted by Gasteiger charge is 2.30. The summed E-state index contributed by atoms with van der Waals surface area (Å²) in [6.07, 6.45) is 1.78. The molecule has 0 aromatic rings. The fourth-order valence-corrected chi connectivity index (χ4v) is 2.23. The number of methoxy groups -OCH3 is 1. The molecule has 2 atom stereocenters. The number of ether oxygens (including phenoxy) is 1. The summed E-state index contributed by atoms with van der Waals surface area (Å²) in [6.45, 7) is 4.19. The molecule has 1 rings (SSSR count). The SMILES string of the molecule is COC(=O)C(C)N1CCCC(C(=O)NCCN)C1. The third-order valence-electron chi connectivity index (χ3n) is 3.36. The van der Waals surface area contributed by atoms with Crippen molar-refractivity contribution >= 4 is 11.9 Å². The van der Waals surface area contributed by atoms with Crippen LogP contribution in [0.2, 0.25) is 0 Å². The average Bonchev–Trinajstić information content (AvgIpc) is 2.43. The zero-order chi connectivity index (χ0) is 13.5. The molecule has 1 fully saturated rings. The fourth-order valence-electron chi connectivity index (χ4n) is 2.23. The van der Waals surface area contributed by atoms with E-state index in [2.05, 4.69) is 5.32 Å². The average molecular weight is 257 g/mol. The van der Waals surface area contributed by atoms with Gasteiger partial charge in [0.25, 0.3) is 0 Å². The molecule has 18 heavy (non-hydrogen) atoms. The van der Waals surface area contributed by atoms with Crippen LogP contribution in [0.15, 0.2) is 0 Å². The van der Waals surface area contributed by atoms with E-state index in [9.17, 15) is 9.59 Å². The Bertz CT molecular complexity index is 296. The predicted octanol–water partition coefficient (Wildman–Crippen LogP) is -0.665. The van der Waals surface area contributed by atoms with Crippen molar-refractivity contribution < 1.29 is 14.3 Å². The van der Waals surface area contributed by atoms with Gasteiger partial charge in [0.2, 0.25) is 5.91 Å². The minimum Gasteiger partial charge on any atom is -0.468 e. The van der Waals surface area contributed by atoms with E-state index in [1.54, 1.807) is 0 Å². The first-order chi connectivity index (χ1) is 8.60. The number of rotatable bonds is 5. The molecule has 3 N–H and O–H groups in total. The Labute approximate surface area is 108 Å². The molecule has 1 aliphatic rings. The Morgan fingerprint density at radius 2 is 2.28 bits per heavy atom. The van der Waals surface area contributed by atoms with Crippen LogP contribution in [0.3, 0.4) is 0 Å². The van der Waals surface area contributed by atoms with Gasteiger partial charge in [0, 0.05) is 19.6 Å². The molecule has 6 nitrogen and oxygen atoms in total. The van der Waals surface area contributed by atoms with E-state index >= 15 is 0 Å². The van der Waals surface area contributed by atoms with Gasteiger partial charge in [-0.15, -0.1) is 0 Å². The summed E-state index contributed by atoms with van der Waals surface area (Å²) in [5.74, 6) is -0.280. The van der Waals surface area contributed by atoms with E-state index < -0.39 is 0 Å². The van der Waals surface area contributed by atoms with Gasteiger partial charge in [-0.3, -0.25) is 14.5 Å². The number of nitrogens with zero attached hydrogens (tertiary/aromatic N) is 1. The highest BCUT2D eigenvalue weighted by Crippen LogP contribution is 2.19. The van der Waals surface area contributed by atoms with E-state index in [1.165, 1.54) is 7.11 Å². The maximum atomic E-state index is 11.9. The lowest BCUT2D eigenvalue weighted by Gasteiger charge is -2.34. The molecule has 0 aromatic carbocycles. The molecular formula is C12H23N3O3. The molecular weight excluding hydrogens is 234 g/mol. The fraction of sp³-hybridized carbons (Fsp3) is 0.833. The van der Waals surface area contributed by atoms with Gasteiger partial charge in [-0.25, -0.2) is 0 Å². The normalized spacial score (nSPS) is 22.3. The Morgan fingerprint density at radius 1 is 1.56 bits per heavy atom. The van der Waals surface area contributed by atoms with E-state index in [1.807, 2.05) is 11.8 Å². The molecule has 0 aliphatic carbocycles. The van der Waals surface area contributed by atoms with Gasteiger partial charge in [-0.05, 0) is 26.3 Å². The number of carbonyl (C=O) groups excluding carboxylic acids is 2. The maximum Gasteiger partial charge on any atom is 0.322 e. The number of hydrogen-bond acceptors (Lipinski definition) is 5. The molecule has 1 saturated heterocycles. The predicted molar refractivity (Wildman–Crippen MR) is 67.8 cm³/mol. The monoisotopic (exact) mass is 257 g/mol. The smallest absolute Gasteiger partial charge is 0.322 e. The van der Waals surface area contributed by atoms with Crippen molar-refractivity contribution in [1.29, 1.82) is 0 Å². The minimum atomic E-state index is -0.292. The van der Waals surface area contributed by atoms with Crippen molar-refractivity contribution in [3.8, 4) is 0 Å². The Morgan fingerprint density at radius 3 is 2.89 bits per heavy atom. The molecule has 1 aliphatic heterocycles. The number of piperidine rings is 1. The largest absolute Gasteiger partial charge is 0.468 e. The van der Waals surface area contributed by atoms with Gasteiger partial charge < -0.3 is 15.8 Å². The second-order valence-electron chi connectivity index (χ2n) is 4.61. The van der Waals surface area contributed by atoms with Crippen molar-refractivity contribution in [3.63, 3.8) is 0 Å². The highest BCUT2D eigenvalue weighted by atomic mass is 16.5. The number of carbonyl (C=O) groups is 2. The first kappa shape index (κ1) is 14.9. The van der Waals surface area contributed by atoms with Crippen LogP contribution >= 0.6 is 0 Å². The van der Waals surface area contributed by atoms with Crippen molar-refractivity contribution in [2.45, 2.75) is 25.8 Å². The lowest BCUT2D eigenvalue weighted by Crippen LogP contribution is -2.49. The summed E-state index contributed by atoms with van der Waals surface area (Å²) < 4.78 is 4.73. The molecule has 0 spiro atoms. The standard InChI is InChI=1S/C12H23N3O3/c1-9(12(17)18-2)15-7-3-4-10(8-15)11(16)14-6-5-13/h9-10H,3-8,13H2,1-2H3,(H,14,16). The first-order valence-electron chi connectivity index (χ1n) is 6.39. The lowest BCUT2D eigenvalue weighted by molar-refractivity contribution is -0.148. The van der Waals surface area contributed by atoms with Crippen LogP contribution in [0.25, 0.3) is 0 Å². The number of nitrogens with one attached hydrogen (secondary N) is 1. The lowest BCUT2D eigenvalue weighted by atomic mass is 9.96. The molecule has 2 unspecified atom stereocenters. The summed E-state index contributed by atoms with van der Waals surface area (Å²) in [5.41, 5.74) is 5.35. The quantitative estimate of drug-likeness (QED) is 0.638. The van der Waals surface area contributed by atoms with Crippen LogP contribution in [0.5, 0.6) is 0 Å². The molecule has 1 heterocycles. The molecule has 0 bridgehead atoms. The van der Waals surface area contributed by atoms with Gasteiger partial charge in [0.05, 0.1) is 13.0 Å². The number of esters is 1. The Balaban J connectivity index is 2.50. The molecule has 1 amide bonds. The number of likely N-dealkylation sites (tertiary alicyclic amines) is 1. The van der Waals surface area contributed by atoms with Crippen molar-refractivity contribution in [2.75, 3.05) is 33.3 Å².